The van der Waals surface area contributed by atoms with Crippen LogP contribution >= 0.6 is 27.3 Å². The van der Waals surface area contributed by atoms with E-state index in [2.05, 4.69) is 38.9 Å². The van der Waals surface area contributed by atoms with Crippen LogP contribution in [0.1, 0.15) is 26.5 Å². The lowest BCUT2D eigenvalue weighted by Crippen LogP contribution is -2.00. The second-order valence-corrected chi connectivity index (χ2v) is 6.98. The zero-order chi connectivity index (χ0) is 15.1. The number of fused-ring (bicyclic) bond motifs is 1. The number of aromatic nitrogens is 1. The minimum atomic E-state index is -0.885. The van der Waals surface area contributed by atoms with E-state index in [9.17, 15) is 4.79 Å². The summed E-state index contributed by atoms with van der Waals surface area (Å²) in [5, 5.41) is 12.2. The molecule has 108 valence electrons. The fourth-order valence-electron chi connectivity index (χ4n) is 2.58. The topological polar surface area (TPSA) is 42.2 Å². The Kier molecular flexibility index (Phi) is 3.63. The Labute approximate surface area is 135 Å². The first kappa shape index (κ1) is 14.4. The minimum Gasteiger partial charge on any atom is -0.478 e. The van der Waals surface area contributed by atoms with Crippen molar-refractivity contribution < 1.29 is 9.90 Å². The number of hydrogen-bond donors (Lipinski definition) is 1. The van der Waals surface area contributed by atoms with Crippen molar-refractivity contribution in [3.63, 3.8) is 0 Å². The van der Waals surface area contributed by atoms with Crippen LogP contribution in [-0.2, 0) is 6.54 Å². The van der Waals surface area contributed by atoms with Gasteiger partial charge in [-0.3, -0.25) is 0 Å². The Morgan fingerprint density at radius 3 is 2.71 bits per heavy atom. The second-order valence-electron chi connectivity index (χ2n) is 5.06. The highest BCUT2D eigenvalue weighted by Gasteiger charge is 2.14. The normalized spacial score (nSPS) is 11.2. The summed E-state index contributed by atoms with van der Waals surface area (Å²) in [6.07, 6.45) is 0. The van der Waals surface area contributed by atoms with E-state index in [0.29, 0.717) is 5.56 Å². The zero-order valence-corrected chi connectivity index (χ0v) is 14.1. The molecule has 0 unspecified atom stereocenters. The number of halogens is 1. The number of carboxylic acid groups (broad SMARTS) is 1. The van der Waals surface area contributed by atoms with Crippen molar-refractivity contribution in [1.82, 2.24) is 4.57 Å². The molecule has 0 atom stereocenters. The summed E-state index contributed by atoms with van der Waals surface area (Å²) < 4.78 is 3.34. The molecule has 21 heavy (non-hydrogen) atoms. The molecule has 0 spiro atoms. The average molecular weight is 364 g/mol. The molecule has 5 heteroatoms. The fourth-order valence-corrected chi connectivity index (χ4v) is 4.02. The number of aromatic carboxylic acids is 1. The Morgan fingerprint density at radius 2 is 2.10 bits per heavy atom. The van der Waals surface area contributed by atoms with E-state index in [1.165, 1.54) is 10.6 Å². The highest BCUT2D eigenvalue weighted by atomic mass is 79.9. The van der Waals surface area contributed by atoms with Crippen molar-refractivity contribution in [1.29, 1.82) is 0 Å². The van der Waals surface area contributed by atoms with Gasteiger partial charge in [0.25, 0.3) is 0 Å². The highest BCUT2D eigenvalue weighted by molar-refractivity contribution is 9.10. The molecule has 3 rings (SSSR count). The van der Waals surface area contributed by atoms with E-state index in [-0.39, 0.29) is 0 Å². The van der Waals surface area contributed by atoms with E-state index in [0.717, 1.165) is 27.5 Å². The third kappa shape index (κ3) is 2.51. The molecule has 0 saturated heterocycles. The molecule has 0 fully saturated rings. The number of nitrogens with zero attached hydrogens (tertiary/aromatic N) is 1. The lowest BCUT2D eigenvalue weighted by Gasteiger charge is -2.07. The maximum absolute atomic E-state index is 11.1. The van der Waals surface area contributed by atoms with E-state index in [1.807, 2.05) is 13.0 Å². The molecule has 0 bridgehead atoms. The van der Waals surface area contributed by atoms with E-state index < -0.39 is 5.97 Å². The molecular weight excluding hydrogens is 350 g/mol. The predicted octanol–water partition coefficient (Wildman–Crippen LogP) is 4.83. The van der Waals surface area contributed by atoms with Gasteiger partial charge in [-0.2, -0.15) is 0 Å². The SMILES string of the molecule is Cc1c(C)n(Cc2cc(Br)cs2)c2ccc(C(=O)O)cc12. The van der Waals surface area contributed by atoms with Crippen LogP contribution < -0.4 is 0 Å². The van der Waals surface area contributed by atoms with Gasteiger partial charge in [0.15, 0.2) is 0 Å². The van der Waals surface area contributed by atoms with Crippen molar-refractivity contribution in [2.45, 2.75) is 20.4 Å². The molecule has 3 nitrogen and oxygen atoms in total. The Morgan fingerprint density at radius 1 is 1.33 bits per heavy atom. The minimum absolute atomic E-state index is 0.335. The number of rotatable bonds is 3. The van der Waals surface area contributed by atoms with Gasteiger partial charge in [0.1, 0.15) is 0 Å². The molecular formula is C16H14BrNO2S. The summed E-state index contributed by atoms with van der Waals surface area (Å²) in [7, 11) is 0. The van der Waals surface area contributed by atoms with Crippen LogP contribution in [0.2, 0.25) is 0 Å². The molecule has 0 radical (unpaired) electrons. The molecule has 2 aromatic heterocycles. The molecule has 0 aliphatic carbocycles. The van der Waals surface area contributed by atoms with Crippen molar-refractivity contribution in [3.05, 3.63) is 55.8 Å². The number of aryl methyl sites for hydroxylation is 1. The quantitative estimate of drug-likeness (QED) is 0.723. The Balaban J connectivity index is 2.14. The van der Waals surface area contributed by atoms with Gasteiger partial charge in [0.05, 0.1) is 12.1 Å². The van der Waals surface area contributed by atoms with Gasteiger partial charge in [0, 0.05) is 31.3 Å². The van der Waals surface area contributed by atoms with Crippen LogP contribution in [0.25, 0.3) is 10.9 Å². The zero-order valence-electron chi connectivity index (χ0n) is 11.7. The van der Waals surface area contributed by atoms with Gasteiger partial charge >= 0.3 is 5.97 Å². The molecule has 1 N–H and O–H groups in total. The molecule has 0 saturated carbocycles. The molecule has 3 aromatic rings. The summed E-state index contributed by atoms with van der Waals surface area (Å²) in [5.74, 6) is -0.885. The van der Waals surface area contributed by atoms with Crippen LogP contribution in [0.3, 0.4) is 0 Å². The van der Waals surface area contributed by atoms with Gasteiger partial charge in [-0.25, -0.2) is 4.79 Å². The molecule has 0 amide bonds. The summed E-state index contributed by atoms with van der Waals surface area (Å²) >= 11 is 5.20. The van der Waals surface area contributed by atoms with Crippen molar-refractivity contribution in [2.24, 2.45) is 0 Å². The summed E-state index contributed by atoms with van der Waals surface area (Å²) in [6.45, 7) is 4.93. The van der Waals surface area contributed by atoms with Crippen LogP contribution in [0.4, 0.5) is 0 Å². The van der Waals surface area contributed by atoms with Crippen molar-refractivity contribution in [2.75, 3.05) is 0 Å². The Hall–Kier alpha value is -1.59. The number of thiophene rings is 1. The largest absolute Gasteiger partial charge is 0.478 e. The molecule has 2 heterocycles. The number of carboxylic acids is 1. The third-order valence-corrected chi connectivity index (χ3v) is 5.50. The van der Waals surface area contributed by atoms with Crippen LogP contribution in [0.5, 0.6) is 0 Å². The van der Waals surface area contributed by atoms with Crippen LogP contribution in [0, 0.1) is 13.8 Å². The van der Waals surface area contributed by atoms with Gasteiger partial charge in [0.2, 0.25) is 0 Å². The van der Waals surface area contributed by atoms with Gasteiger partial charge in [-0.15, -0.1) is 11.3 Å². The van der Waals surface area contributed by atoms with Crippen molar-refractivity contribution >= 4 is 44.1 Å². The third-order valence-electron chi connectivity index (χ3n) is 3.82. The first-order chi connectivity index (χ1) is 9.97. The number of benzene rings is 1. The monoisotopic (exact) mass is 363 g/mol. The Bertz CT molecular complexity index is 847. The van der Waals surface area contributed by atoms with Crippen LogP contribution in [0.15, 0.2) is 34.1 Å². The van der Waals surface area contributed by atoms with E-state index >= 15 is 0 Å². The first-order valence-electron chi connectivity index (χ1n) is 6.53. The molecule has 0 aliphatic heterocycles. The standard InChI is InChI=1S/C16H14BrNO2S/c1-9-10(2)18(7-13-6-12(17)8-21-13)15-4-3-11(16(19)20)5-14(9)15/h3-6,8H,7H2,1-2H3,(H,19,20). The highest BCUT2D eigenvalue weighted by Crippen LogP contribution is 2.29. The van der Waals surface area contributed by atoms with Crippen LogP contribution in [-0.4, -0.2) is 15.6 Å². The maximum Gasteiger partial charge on any atom is 0.335 e. The lowest BCUT2D eigenvalue weighted by atomic mass is 10.1. The van der Waals surface area contributed by atoms with E-state index in [1.54, 1.807) is 23.5 Å². The lowest BCUT2D eigenvalue weighted by molar-refractivity contribution is 0.0697. The van der Waals surface area contributed by atoms with Gasteiger partial charge < -0.3 is 9.67 Å². The number of hydrogen-bond acceptors (Lipinski definition) is 2. The predicted molar refractivity (Wildman–Crippen MR) is 89.5 cm³/mol. The second kappa shape index (κ2) is 5.31. The number of carbonyl (C=O) groups is 1. The smallest absolute Gasteiger partial charge is 0.335 e. The first-order valence-corrected chi connectivity index (χ1v) is 8.20. The maximum atomic E-state index is 11.1. The fraction of sp³-hybridized carbons (Fsp3) is 0.188. The average Bonchev–Trinajstić information content (AvgIpc) is 2.96. The van der Waals surface area contributed by atoms with Crippen molar-refractivity contribution in [3.8, 4) is 0 Å². The van der Waals surface area contributed by atoms with E-state index in [4.69, 9.17) is 5.11 Å². The summed E-state index contributed by atoms with van der Waals surface area (Å²) in [4.78, 5) is 12.4. The van der Waals surface area contributed by atoms with Gasteiger partial charge in [-0.05, 0) is 59.6 Å². The van der Waals surface area contributed by atoms with Gasteiger partial charge in [-0.1, -0.05) is 0 Å². The summed E-state index contributed by atoms with van der Waals surface area (Å²) in [5.41, 5.74) is 3.74. The molecule has 1 aromatic carbocycles. The molecule has 0 aliphatic rings. The summed E-state index contributed by atoms with van der Waals surface area (Å²) in [6, 6.07) is 7.46.